The Morgan fingerprint density at radius 2 is 2.05 bits per heavy atom. The van der Waals surface area contributed by atoms with E-state index >= 15 is 0 Å². The topological polar surface area (TPSA) is 67.2 Å². The van der Waals surface area contributed by atoms with Gasteiger partial charge in [-0.3, -0.25) is 9.59 Å². The van der Waals surface area contributed by atoms with Crippen LogP contribution in [0.3, 0.4) is 0 Å². The summed E-state index contributed by atoms with van der Waals surface area (Å²) in [6.07, 6.45) is 1.87. The van der Waals surface area contributed by atoms with Crippen LogP contribution in [0.2, 0.25) is 5.02 Å². The van der Waals surface area contributed by atoms with Crippen molar-refractivity contribution >= 4 is 23.2 Å². The highest BCUT2D eigenvalue weighted by Gasteiger charge is 2.12. The molecule has 1 heterocycles. The number of rotatable bonds is 7. The number of halogens is 1. The van der Waals surface area contributed by atoms with Gasteiger partial charge in [-0.05, 0) is 27.7 Å². The molecule has 1 amide bonds. The first kappa shape index (κ1) is 17.5. The molecule has 0 unspecified atom stereocenters. The van der Waals surface area contributed by atoms with E-state index < -0.39 is 0 Å². The van der Waals surface area contributed by atoms with Crippen molar-refractivity contribution in [2.45, 2.75) is 40.2 Å². The van der Waals surface area contributed by atoms with Gasteiger partial charge in [0.2, 0.25) is 5.91 Å². The lowest BCUT2D eigenvalue weighted by atomic mass is 10.3. The van der Waals surface area contributed by atoms with Crippen molar-refractivity contribution in [2.75, 3.05) is 25.0 Å². The summed E-state index contributed by atoms with van der Waals surface area (Å²) in [4.78, 5) is 25.6. The predicted molar refractivity (Wildman–Crippen MR) is 84.9 cm³/mol. The van der Waals surface area contributed by atoms with Crippen LogP contribution in [0.5, 0.6) is 0 Å². The number of anilines is 1. The molecule has 1 rings (SSSR count). The summed E-state index contributed by atoms with van der Waals surface area (Å²) in [6.45, 7) is 9.43. The summed E-state index contributed by atoms with van der Waals surface area (Å²) < 4.78 is 1.33. The summed E-state index contributed by atoms with van der Waals surface area (Å²) in [7, 11) is 0. The average molecular weight is 315 g/mol. The second-order valence-corrected chi connectivity index (χ2v) is 5.34. The zero-order valence-electron chi connectivity index (χ0n) is 13.0. The molecule has 0 aliphatic carbocycles. The average Bonchev–Trinajstić information content (AvgIpc) is 2.44. The van der Waals surface area contributed by atoms with Crippen LogP contribution >= 0.6 is 11.6 Å². The maximum absolute atomic E-state index is 12.0. The molecule has 0 bridgehead atoms. The van der Waals surface area contributed by atoms with Crippen molar-refractivity contribution in [3.8, 4) is 0 Å². The number of nitrogens with one attached hydrogen (secondary N) is 1. The van der Waals surface area contributed by atoms with Gasteiger partial charge in [0.1, 0.15) is 5.02 Å². The van der Waals surface area contributed by atoms with Gasteiger partial charge in [-0.1, -0.05) is 11.6 Å². The van der Waals surface area contributed by atoms with E-state index in [4.69, 9.17) is 11.6 Å². The Morgan fingerprint density at radius 3 is 2.57 bits per heavy atom. The molecule has 7 heteroatoms. The fourth-order valence-corrected chi connectivity index (χ4v) is 2.18. The Labute approximate surface area is 130 Å². The summed E-state index contributed by atoms with van der Waals surface area (Å²) in [5, 5.41) is 7.17. The van der Waals surface area contributed by atoms with Crippen LogP contribution in [0.1, 0.15) is 40.2 Å². The fraction of sp³-hybridized carbons (Fsp3) is 0.643. The van der Waals surface area contributed by atoms with Crippen LogP contribution < -0.4 is 10.9 Å². The Morgan fingerprint density at radius 1 is 1.43 bits per heavy atom. The molecule has 1 aromatic heterocycles. The van der Waals surface area contributed by atoms with Crippen molar-refractivity contribution in [1.29, 1.82) is 0 Å². The number of nitrogens with zero attached hydrogens (tertiary/aromatic N) is 3. The van der Waals surface area contributed by atoms with E-state index in [9.17, 15) is 9.59 Å². The quantitative estimate of drug-likeness (QED) is 0.837. The monoisotopic (exact) mass is 314 g/mol. The normalized spacial score (nSPS) is 10.8. The minimum Gasteiger partial charge on any atom is -0.382 e. The van der Waals surface area contributed by atoms with Gasteiger partial charge in [0.05, 0.1) is 17.9 Å². The summed E-state index contributed by atoms with van der Waals surface area (Å²) >= 11 is 6.04. The highest BCUT2D eigenvalue weighted by molar-refractivity contribution is 6.32. The highest BCUT2D eigenvalue weighted by Crippen LogP contribution is 2.16. The van der Waals surface area contributed by atoms with Crippen molar-refractivity contribution < 1.29 is 4.79 Å². The number of hydrogen-bond donors (Lipinski definition) is 1. The van der Waals surface area contributed by atoms with Crippen LogP contribution in [0.15, 0.2) is 11.0 Å². The third-order valence-corrected chi connectivity index (χ3v) is 3.57. The number of amides is 1. The summed E-state index contributed by atoms with van der Waals surface area (Å²) in [5.74, 6) is 0.0760. The molecule has 0 radical (unpaired) electrons. The molecular weight excluding hydrogens is 292 g/mol. The van der Waals surface area contributed by atoms with Gasteiger partial charge in [0, 0.05) is 26.1 Å². The maximum atomic E-state index is 12.0. The second kappa shape index (κ2) is 8.02. The molecule has 0 aromatic carbocycles. The first-order valence-corrected chi connectivity index (χ1v) is 7.59. The van der Waals surface area contributed by atoms with E-state index in [1.54, 1.807) is 4.90 Å². The fourth-order valence-electron chi connectivity index (χ4n) is 1.97. The maximum Gasteiger partial charge on any atom is 0.287 e. The molecule has 1 aromatic rings. The van der Waals surface area contributed by atoms with E-state index in [1.807, 2.05) is 27.7 Å². The molecule has 0 saturated heterocycles. The predicted octanol–water partition coefficient (Wildman–Crippen LogP) is 2.15. The molecule has 0 fully saturated rings. The standard InChI is InChI=1S/C14H23ClN4O2/c1-5-18(6-2)12(20)7-8-16-11-9-17-19(10(3)4)14(21)13(11)15/h9-10,16H,5-8H2,1-4H3. The van der Waals surface area contributed by atoms with Gasteiger partial charge in [0.25, 0.3) is 5.56 Å². The SMILES string of the molecule is CCN(CC)C(=O)CCNc1cnn(C(C)C)c(=O)c1Cl. The van der Waals surface area contributed by atoms with Crippen molar-refractivity contribution in [2.24, 2.45) is 0 Å². The Hall–Kier alpha value is -1.56. The molecule has 0 aliphatic heterocycles. The highest BCUT2D eigenvalue weighted by atomic mass is 35.5. The Bertz CT molecular complexity index is 538. The molecule has 6 nitrogen and oxygen atoms in total. The van der Waals surface area contributed by atoms with Gasteiger partial charge in [0.15, 0.2) is 0 Å². The van der Waals surface area contributed by atoms with Crippen molar-refractivity contribution in [1.82, 2.24) is 14.7 Å². The lowest BCUT2D eigenvalue weighted by molar-refractivity contribution is -0.130. The molecule has 21 heavy (non-hydrogen) atoms. The molecule has 1 N–H and O–H groups in total. The van der Waals surface area contributed by atoms with Crippen LogP contribution in [0.4, 0.5) is 5.69 Å². The van der Waals surface area contributed by atoms with Gasteiger partial charge in [-0.2, -0.15) is 5.10 Å². The van der Waals surface area contributed by atoms with Crippen LogP contribution in [-0.4, -0.2) is 40.2 Å². The first-order valence-electron chi connectivity index (χ1n) is 7.21. The third kappa shape index (κ3) is 4.46. The minimum atomic E-state index is -0.327. The van der Waals surface area contributed by atoms with E-state index in [1.165, 1.54) is 10.9 Å². The second-order valence-electron chi connectivity index (χ2n) is 4.96. The number of carbonyl (C=O) groups is 1. The lowest BCUT2D eigenvalue weighted by Gasteiger charge is -2.19. The van der Waals surface area contributed by atoms with E-state index in [0.29, 0.717) is 31.7 Å². The van der Waals surface area contributed by atoms with Crippen molar-refractivity contribution in [3.05, 3.63) is 21.6 Å². The molecule has 0 atom stereocenters. The smallest absolute Gasteiger partial charge is 0.287 e. The molecule has 0 spiro atoms. The molecule has 118 valence electrons. The Balaban J connectivity index is 2.67. The van der Waals surface area contributed by atoms with E-state index in [-0.39, 0.29) is 22.5 Å². The van der Waals surface area contributed by atoms with Crippen LogP contribution in [0.25, 0.3) is 0 Å². The summed E-state index contributed by atoms with van der Waals surface area (Å²) in [5.41, 5.74) is 0.137. The molecular formula is C14H23ClN4O2. The summed E-state index contributed by atoms with van der Waals surface area (Å²) in [6, 6.07) is -0.0479. The number of hydrogen-bond acceptors (Lipinski definition) is 4. The van der Waals surface area contributed by atoms with Crippen LogP contribution in [-0.2, 0) is 4.79 Å². The zero-order chi connectivity index (χ0) is 16.0. The van der Waals surface area contributed by atoms with Gasteiger partial charge >= 0.3 is 0 Å². The molecule has 0 saturated carbocycles. The Kier molecular flexibility index (Phi) is 6.68. The van der Waals surface area contributed by atoms with Gasteiger partial charge in [-0.25, -0.2) is 4.68 Å². The zero-order valence-corrected chi connectivity index (χ0v) is 13.8. The van der Waals surface area contributed by atoms with Crippen molar-refractivity contribution in [3.63, 3.8) is 0 Å². The third-order valence-electron chi connectivity index (χ3n) is 3.20. The van der Waals surface area contributed by atoms with Gasteiger partial charge in [-0.15, -0.1) is 0 Å². The van der Waals surface area contributed by atoms with E-state index in [2.05, 4.69) is 10.4 Å². The largest absolute Gasteiger partial charge is 0.382 e. The number of carbonyl (C=O) groups excluding carboxylic acids is 1. The first-order chi connectivity index (χ1) is 9.92. The number of aromatic nitrogens is 2. The minimum absolute atomic E-state index is 0.0479. The lowest BCUT2D eigenvalue weighted by Crippen LogP contribution is -2.32. The van der Waals surface area contributed by atoms with Gasteiger partial charge < -0.3 is 10.2 Å². The molecule has 0 aliphatic rings. The van der Waals surface area contributed by atoms with Crippen LogP contribution in [0, 0.1) is 0 Å². The van der Waals surface area contributed by atoms with E-state index in [0.717, 1.165) is 0 Å².